The van der Waals surface area contributed by atoms with Crippen LogP contribution in [0.2, 0.25) is 0 Å². The van der Waals surface area contributed by atoms with E-state index in [0.29, 0.717) is 5.92 Å². The van der Waals surface area contributed by atoms with Gasteiger partial charge in [0.25, 0.3) is 0 Å². The van der Waals surface area contributed by atoms with Gasteiger partial charge in [-0.05, 0) is 43.5 Å². The molecule has 0 saturated heterocycles. The molecular weight excluding hydrogens is 331 g/mol. The zero-order valence-electron chi connectivity index (χ0n) is 14.4. The summed E-state index contributed by atoms with van der Waals surface area (Å²) in [5, 5.41) is 9.01. The van der Waals surface area contributed by atoms with E-state index >= 15 is 0 Å². The van der Waals surface area contributed by atoms with Gasteiger partial charge >= 0.3 is 0 Å². The van der Waals surface area contributed by atoms with Crippen LogP contribution in [0.4, 0.5) is 4.39 Å². The first kappa shape index (κ1) is 17.7. The molecule has 1 N–H and O–H groups in total. The molecule has 0 amide bonds. The van der Waals surface area contributed by atoms with Crippen LogP contribution in [0.5, 0.6) is 0 Å². The highest BCUT2D eigenvalue weighted by Crippen LogP contribution is 2.45. The maximum absolute atomic E-state index is 13.4. The molecule has 1 aliphatic carbocycles. The zero-order valence-corrected chi connectivity index (χ0v) is 14.4. The number of para-hydroxylation sites is 1. The average Bonchev–Trinajstić information content (AvgIpc) is 3.48. The first-order valence-electron chi connectivity index (χ1n) is 8.47. The van der Waals surface area contributed by atoms with Gasteiger partial charge in [-0.15, -0.1) is 4.91 Å². The minimum atomic E-state index is -0.206. The Balaban J connectivity index is 0.000000613. The molecule has 1 fully saturated rings. The number of allylic oxidation sites excluding steroid dienone is 1. The van der Waals surface area contributed by atoms with Gasteiger partial charge in [-0.1, -0.05) is 42.5 Å². The highest BCUT2D eigenvalue weighted by atomic mass is 19.1. The highest BCUT2D eigenvalue weighted by Gasteiger charge is 2.29. The molecule has 4 rings (SSSR count). The van der Waals surface area contributed by atoms with Gasteiger partial charge in [0.1, 0.15) is 5.82 Å². The zero-order chi connectivity index (χ0) is 18.5. The predicted molar refractivity (Wildman–Crippen MR) is 101 cm³/mol. The van der Waals surface area contributed by atoms with Gasteiger partial charge in [-0.3, -0.25) is 4.98 Å². The summed E-state index contributed by atoms with van der Waals surface area (Å²) in [5.74, 6) is 0.354. The van der Waals surface area contributed by atoms with E-state index in [-0.39, 0.29) is 5.82 Å². The van der Waals surface area contributed by atoms with Gasteiger partial charge in [0.2, 0.25) is 0 Å². The molecule has 4 nitrogen and oxygen atoms in total. The lowest BCUT2D eigenvalue weighted by atomic mass is 9.92. The molecule has 0 unspecified atom stereocenters. The number of rotatable bonds is 3. The molecule has 0 radical (unpaired) electrons. The third-order valence-corrected chi connectivity index (χ3v) is 4.39. The Morgan fingerprint density at radius 3 is 2.42 bits per heavy atom. The standard InChI is InChI=1S/C21H18FN.HNO2/c1-2-5-18-20(14-10-12-16(22)13-11-14)17-6-3-4-7-19(17)23-21(18)15-8-9-15;2-1-3/h2-7,10-13,15H,8-9H2,1H3;(H,2,3). The number of nitrogens with zero attached hydrogens (tertiary/aromatic N) is 2. The lowest BCUT2D eigenvalue weighted by molar-refractivity contribution is 0.312. The van der Waals surface area contributed by atoms with Crippen LogP contribution in [0.3, 0.4) is 0 Å². The monoisotopic (exact) mass is 350 g/mol. The normalized spacial score (nSPS) is 13.5. The van der Waals surface area contributed by atoms with Crippen molar-refractivity contribution < 1.29 is 9.60 Å². The third kappa shape index (κ3) is 3.61. The lowest BCUT2D eigenvalue weighted by Crippen LogP contribution is -1.98. The molecule has 1 aromatic heterocycles. The number of benzene rings is 2. The van der Waals surface area contributed by atoms with Gasteiger partial charge in [-0.25, -0.2) is 4.39 Å². The summed E-state index contributed by atoms with van der Waals surface area (Å²) in [4.78, 5) is 13.0. The molecule has 3 aromatic rings. The van der Waals surface area contributed by atoms with Crippen molar-refractivity contribution in [3.63, 3.8) is 0 Å². The summed E-state index contributed by atoms with van der Waals surface area (Å²) in [6.07, 6.45) is 6.62. The molecule has 0 spiro atoms. The fraction of sp³-hybridized carbons (Fsp3) is 0.190. The van der Waals surface area contributed by atoms with Crippen molar-refractivity contribution in [3.8, 4) is 11.1 Å². The Kier molecular flexibility index (Phi) is 5.37. The van der Waals surface area contributed by atoms with Crippen LogP contribution in [0.25, 0.3) is 28.1 Å². The van der Waals surface area contributed by atoms with Crippen LogP contribution in [0, 0.1) is 10.7 Å². The van der Waals surface area contributed by atoms with Gasteiger partial charge in [0, 0.05) is 22.4 Å². The van der Waals surface area contributed by atoms with Gasteiger partial charge < -0.3 is 5.21 Å². The summed E-state index contributed by atoms with van der Waals surface area (Å²) < 4.78 is 13.4. The molecular formula is C21H19FN2O2. The van der Waals surface area contributed by atoms with Gasteiger partial charge in [0.05, 0.1) is 11.2 Å². The quantitative estimate of drug-likeness (QED) is 0.459. The molecule has 0 bridgehead atoms. The maximum atomic E-state index is 13.4. The van der Waals surface area contributed by atoms with Crippen LogP contribution in [-0.4, -0.2) is 10.2 Å². The molecule has 1 saturated carbocycles. The third-order valence-electron chi connectivity index (χ3n) is 4.39. The number of fused-ring (bicyclic) bond motifs is 1. The van der Waals surface area contributed by atoms with Crippen LogP contribution < -0.4 is 0 Å². The fourth-order valence-electron chi connectivity index (χ4n) is 3.18. The van der Waals surface area contributed by atoms with Crippen molar-refractivity contribution in [3.05, 3.63) is 76.6 Å². The first-order valence-corrected chi connectivity index (χ1v) is 8.47. The molecule has 5 heteroatoms. The van der Waals surface area contributed by atoms with E-state index in [1.165, 1.54) is 41.6 Å². The van der Waals surface area contributed by atoms with Gasteiger partial charge in [-0.2, -0.15) is 0 Å². The number of pyridine rings is 1. The highest BCUT2D eigenvalue weighted by molar-refractivity contribution is 5.99. The second kappa shape index (κ2) is 7.87. The Morgan fingerprint density at radius 2 is 1.81 bits per heavy atom. The van der Waals surface area contributed by atoms with E-state index in [9.17, 15) is 4.39 Å². The second-order valence-electron chi connectivity index (χ2n) is 6.17. The van der Waals surface area contributed by atoms with E-state index in [1.54, 1.807) is 0 Å². The van der Waals surface area contributed by atoms with E-state index in [1.807, 2.05) is 31.2 Å². The smallest absolute Gasteiger partial charge is 0.152 e. The van der Waals surface area contributed by atoms with Crippen LogP contribution in [0.1, 0.15) is 36.9 Å². The predicted octanol–water partition coefficient (Wildman–Crippen LogP) is 6.09. The van der Waals surface area contributed by atoms with Crippen molar-refractivity contribution in [1.29, 1.82) is 0 Å². The summed E-state index contributed by atoms with van der Waals surface area (Å²) in [7, 11) is 0. The number of hydrogen-bond acceptors (Lipinski definition) is 3. The molecule has 132 valence electrons. The lowest BCUT2D eigenvalue weighted by Gasteiger charge is -2.15. The second-order valence-corrected chi connectivity index (χ2v) is 6.17. The number of halogens is 1. The molecule has 1 aliphatic rings. The van der Waals surface area contributed by atoms with Crippen LogP contribution in [0.15, 0.2) is 59.9 Å². The first-order chi connectivity index (χ1) is 12.7. The molecule has 2 aromatic carbocycles. The molecule has 1 heterocycles. The summed E-state index contributed by atoms with van der Waals surface area (Å²) in [6, 6.07) is 15.0. The Bertz CT molecular complexity index is 948. The van der Waals surface area contributed by atoms with E-state index in [4.69, 9.17) is 15.1 Å². The van der Waals surface area contributed by atoms with Crippen molar-refractivity contribution in [2.75, 3.05) is 0 Å². The molecule has 0 aliphatic heterocycles. The largest absolute Gasteiger partial charge is 0.379 e. The maximum Gasteiger partial charge on any atom is 0.152 e. The van der Waals surface area contributed by atoms with Crippen LogP contribution >= 0.6 is 0 Å². The summed E-state index contributed by atoms with van der Waals surface area (Å²) in [6.45, 7) is 2.03. The van der Waals surface area contributed by atoms with E-state index < -0.39 is 0 Å². The summed E-state index contributed by atoms with van der Waals surface area (Å²) in [5.41, 5.74) is 5.58. The minimum absolute atomic E-state index is 0.206. The molecule has 26 heavy (non-hydrogen) atoms. The Labute approximate surface area is 150 Å². The van der Waals surface area contributed by atoms with Crippen molar-refractivity contribution in [2.24, 2.45) is 5.34 Å². The van der Waals surface area contributed by atoms with Crippen molar-refractivity contribution >= 4 is 17.0 Å². The Morgan fingerprint density at radius 1 is 1.15 bits per heavy atom. The van der Waals surface area contributed by atoms with E-state index in [0.717, 1.165) is 22.0 Å². The van der Waals surface area contributed by atoms with Gasteiger partial charge in [0.15, 0.2) is 5.34 Å². The SMILES string of the molecule is CC=Cc1c(C2CC2)nc2ccccc2c1-c1ccc(F)cc1.O=NO. The average molecular weight is 350 g/mol. The fourth-order valence-corrected chi connectivity index (χ4v) is 3.18. The van der Waals surface area contributed by atoms with Crippen molar-refractivity contribution in [1.82, 2.24) is 4.98 Å². The summed E-state index contributed by atoms with van der Waals surface area (Å²) >= 11 is 0. The van der Waals surface area contributed by atoms with E-state index in [2.05, 4.69) is 24.3 Å². The Hall–Kier alpha value is -3.08. The van der Waals surface area contributed by atoms with Crippen LogP contribution in [-0.2, 0) is 0 Å². The van der Waals surface area contributed by atoms with Crippen molar-refractivity contribution in [2.45, 2.75) is 25.7 Å². The topological polar surface area (TPSA) is 62.5 Å². The number of hydrogen-bond donors (Lipinski definition) is 1. The molecule has 0 atom stereocenters. The number of aromatic nitrogens is 1. The minimum Gasteiger partial charge on any atom is -0.379 e.